The normalized spacial score (nSPS) is 26.4. The second-order valence-electron chi connectivity index (χ2n) is 7.05. The van der Waals surface area contributed by atoms with Crippen LogP contribution in [0.4, 0.5) is 0 Å². The van der Waals surface area contributed by atoms with E-state index in [2.05, 4.69) is 24.8 Å². The van der Waals surface area contributed by atoms with Gasteiger partial charge in [-0.2, -0.15) is 0 Å². The van der Waals surface area contributed by atoms with Crippen LogP contribution in [0.15, 0.2) is 18.2 Å². The maximum atomic E-state index is 12.5. The number of hydrogen-bond donors (Lipinski definition) is 0. The lowest BCUT2D eigenvalue weighted by Crippen LogP contribution is -2.43. The van der Waals surface area contributed by atoms with Crippen LogP contribution in [-0.4, -0.2) is 30.3 Å². The molecule has 2 aliphatic rings. The molecule has 114 valence electrons. The highest BCUT2D eigenvalue weighted by Crippen LogP contribution is 2.35. The molecule has 2 unspecified atom stereocenters. The minimum Gasteiger partial charge on any atom is -0.296 e. The molecule has 21 heavy (non-hydrogen) atoms. The molecule has 1 aromatic carbocycles. The number of rotatable bonds is 3. The highest BCUT2D eigenvalue weighted by atomic mass is 16.1. The Morgan fingerprint density at radius 3 is 2.62 bits per heavy atom. The summed E-state index contributed by atoms with van der Waals surface area (Å²) in [5.74, 6) is 2.07. The fourth-order valence-corrected chi connectivity index (χ4v) is 4.03. The molecule has 2 heteroatoms. The minimum absolute atomic E-state index is 0.285. The zero-order valence-electron chi connectivity index (χ0n) is 13.4. The maximum Gasteiger partial charge on any atom is 0.176 e. The quantitative estimate of drug-likeness (QED) is 0.782. The highest BCUT2D eigenvalue weighted by Gasteiger charge is 2.31. The third kappa shape index (κ3) is 3.37. The molecule has 3 rings (SSSR count). The van der Waals surface area contributed by atoms with Crippen LogP contribution in [0.3, 0.4) is 0 Å². The number of carbonyl (C=O) groups is 1. The lowest BCUT2D eigenvalue weighted by atomic mass is 9.75. The Morgan fingerprint density at radius 2 is 1.86 bits per heavy atom. The number of ketones is 1. The molecule has 1 aromatic rings. The summed E-state index contributed by atoms with van der Waals surface area (Å²) in [6.45, 7) is 7.03. The predicted octanol–water partition coefficient (Wildman–Crippen LogP) is 4.00. The largest absolute Gasteiger partial charge is 0.296 e. The van der Waals surface area contributed by atoms with Crippen molar-refractivity contribution in [2.45, 2.75) is 46.0 Å². The van der Waals surface area contributed by atoms with Gasteiger partial charge in [0.1, 0.15) is 0 Å². The van der Waals surface area contributed by atoms with E-state index in [1.54, 1.807) is 0 Å². The van der Waals surface area contributed by atoms with Crippen LogP contribution in [0, 0.1) is 25.7 Å². The summed E-state index contributed by atoms with van der Waals surface area (Å²) >= 11 is 0. The van der Waals surface area contributed by atoms with Gasteiger partial charge in [0.25, 0.3) is 0 Å². The van der Waals surface area contributed by atoms with Crippen LogP contribution >= 0.6 is 0 Å². The Kier molecular flexibility index (Phi) is 4.44. The van der Waals surface area contributed by atoms with Gasteiger partial charge in [0.2, 0.25) is 0 Å². The summed E-state index contributed by atoms with van der Waals surface area (Å²) in [7, 11) is 0. The Hall–Kier alpha value is -1.15. The van der Waals surface area contributed by atoms with E-state index in [9.17, 15) is 4.79 Å². The van der Waals surface area contributed by atoms with Crippen molar-refractivity contribution in [1.29, 1.82) is 0 Å². The average molecular weight is 285 g/mol. The molecule has 2 nitrogen and oxygen atoms in total. The summed E-state index contributed by atoms with van der Waals surface area (Å²) in [6.07, 6.45) is 6.90. The third-order valence-corrected chi connectivity index (χ3v) is 5.57. The summed E-state index contributed by atoms with van der Waals surface area (Å²) in [5, 5.41) is 0. The van der Waals surface area contributed by atoms with Gasteiger partial charge >= 0.3 is 0 Å². The first-order valence-electron chi connectivity index (χ1n) is 8.46. The van der Waals surface area contributed by atoms with Gasteiger partial charge in [-0.25, -0.2) is 0 Å². The number of hydrogen-bond acceptors (Lipinski definition) is 2. The van der Waals surface area contributed by atoms with Gasteiger partial charge in [0.15, 0.2) is 5.78 Å². The van der Waals surface area contributed by atoms with Crippen molar-refractivity contribution in [2.75, 3.05) is 19.6 Å². The molecular formula is C19H27NO. The van der Waals surface area contributed by atoms with Gasteiger partial charge in [-0.15, -0.1) is 0 Å². The van der Waals surface area contributed by atoms with Gasteiger partial charge in [0, 0.05) is 12.1 Å². The Labute approximate surface area is 128 Å². The van der Waals surface area contributed by atoms with E-state index < -0.39 is 0 Å². The standard InChI is InChI=1S/C19H27NO/c1-14-7-8-17(11-15(14)2)19(21)13-20-10-9-16-5-3-4-6-18(16)12-20/h7-8,11,16,18H,3-6,9-10,12-13H2,1-2H3. The lowest BCUT2D eigenvalue weighted by molar-refractivity contribution is 0.0713. The van der Waals surface area contributed by atoms with Gasteiger partial charge in [0.05, 0.1) is 6.54 Å². The van der Waals surface area contributed by atoms with Crippen molar-refractivity contribution in [3.63, 3.8) is 0 Å². The molecule has 1 heterocycles. The first-order valence-corrected chi connectivity index (χ1v) is 8.46. The Morgan fingerprint density at radius 1 is 1.10 bits per heavy atom. The van der Waals surface area contributed by atoms with Crippen molar-refractivity contribution in [1.82, 2.24) is 4.90 Å². The summed E-state index contributed by atoms with van der Waals surface area (Å²) in [6, 6.07) is 6.10. The van der Waals surface area contributed by atoms with E-state index in [0.717, 1.165) is 30.5 Å². The number of Topliss-reactive ketones (excluding diaryl/α,β-unsaturated/α-hetero) is 1. The second kappa shape index (κ2) is 6.31. The fraction of sp³-hybridized carbons (Fsp3) is 0.632. The second-order valence-corrected chi connectivity index (χ2v) is 7.05. The minimum atomic E-state index is 0.285. The summed E-state index contributed by atoms with van der Waals surface area (Å²) < 4.78 is 0. The monoisotopic (exact) mass is 285 g/mol. The molecule has 0 N–H and O–H groups in total. The highest BCUT2D eigenvalue weighted by molar-refractivity contribution is 5.97. The number of piperidine rings is 1. The molecule has 0 radical (unpaired) electrons. The predicted molar refractivity (Wildman–Crippen MR) is 86.8 cm³/mol. The fourth-order valence-electron chi connectivity index (χ4n) is 4.03. The molecular weight excluding hydrogens is 258 g/mol. The summed E-state index contributed by atoms with van der Waals surface area (Å²) in [4.78, 5) is 14.9. The van der Waals surface area contributed by atoms with E-state index in [0.29, 0.717) is 6.54 Å². The van der Waals surface area contributed by atoms with Crippen LogP contribution in [0.25, 0.3) is 0 Å². The van der Waals surface area contributed by atoms with Crippen LogP contribution in [0.2, 0.25) is 0 Å². The number of likely N-dealkylation sites (tertiary alicyclic amines) is 1. The molecule has 0 amide bonds. The van der Waals surface area contributed by atoms with E-state index in [-0.39, 0.29) is 5.78 Å². The van der Waals surface area contributed by atoms with Gasteiger partial charge < -0.3 is 0 Å². The molecule has 0 spiro atoms. The van der Waals surface area contributed by atoms with E-state index >= 15 is 0 Å². The third-order valence-electron chi connectivity index (χ3n) is 5.57. The van der Waals surface area contributed by atoms with Crippen molar-refractivity contribution >= 4 is 5.78 Å². The van der Waals surface area contributed by atoms with Gasteiger partial charge in [-0.05, 0) is 62.3 Å². The van der Waals surface area contributed by atoms with Crippen LogP contribution in [0.1, 0.15) is 53.6 Å². The molecule has 2 atom stereocenters. The van der Waals surface area contributed by atoms with Crippen LogP contribution in [-0.2, 0) is 0 Å². The van der Waals surface area contributed by atoms with Crippen LogP contribution in [0.5, 0.6) is 0 Å². The topological polar surface area (TPSA) is 20.3 Å². The number of aryl methyl sites for hydroxylation is 2. The molecule has 0 bridgehead atoms. The van der Waals surface area contributed by atoms with E-state index in [1.807, 2.05) is 12.1 Å². The van der Waals surface area contributed by atoms with Crippen molar-refractivity contribution in [3.05, 3.63) is 34.9 Å². The zero-order valence-corrected chi connectivity index (χ0v) is 13.4. The molecule has 1 saturated carbocycles. The van der Waals surface area contributed by atoms with Crippen LogP contribution < -0.4 is 0 Å². The number of carbonyl (C=O) groups excluding carboxylic acids is 1. The zero-order chi connectivity index (χ0) is 14.8. The molecule has 1 aliphatic heterocycles. The van der Waals surface area contributed by atoms with E-state index in [4.69, 9.17) is 0 Å². The number of fused-ring (bicyclic) bond motifs is 1. The maximum absolute atomic E-state index is 12.5. The van der Waals surface area contributed by atoms with Crippen molar-refractivity contribution in [3.8, 4) is 0 Å². The summed E-state index contributed by atoms with van der Waals surface area (Å²) in [5.41, 5.74) is 3.35. The first kappa shape index (κ1) is 14.8. The lowest BCUT2D eigenvalue weighted by Gasteiger charge is -2.41. The number of benzene rings is 1. The smallest absolute Gasteiger partial charge is 0.176 e. The molecule has 1 aliphatic carbocycles. The molecule has 2 fully saturated rings. The Balaban J connectivity index is 1.61. The SMILES string of the molecule is Cc1ccc(C(=O)CN2CCC3CCCCC3C2)cc1C. The van der Waals surface area contributed by atoms with E-state index in [1.165, 1.54) is 43.2 Å². The van der Waals surface area contributed by atoms with Gasteiger partial charge in [-0.3, -0.25) is 9.69 Å². The molecule has 1 saturated heterocycles. The van der Waals surface area contributed by atoms with Crippen molar-refractivity contribution < 1.29 is 4.79 Å². The first-order chi connectivity index (χ1) is 10.1. The average Bonchev–Trinajstić information content (AvgIpc) is 2.50. The van der Waals surface area contributed by atoms with Gasteiger partial charge in [-0.1, -0.05) is 31.4 Å². The number of nitrogens with zero attached hydrogens (tertiary/aromatic N) is 1. The van der Waals surface area contributed by atoms with Crippen molar-refractivity contribution in [2.24, 2.45) is 11.8 Å². The molecule has 0 aromatic heterocycles. The Bertz CT molecular complexity index is 522.